The minimum atomic E-state index is 0.659. The van der Waals surface area contributed by atoms with Gasteiger partial charge in [0.2, 0.25) is 5.95 Å². The highest BCUT2D eigenvalue weighted by Crippen LogP contribution is 2.46. The topological polar surface area (TPSA) is 40.0 Å². The van der Waals surface area contributed by atoms with Gasteiger partial charge in [-0.2, -0.15) is 0 Å². The Hall–Kier alpha value is -8.02. The second-order valence-electron chi connectivity index (χ2n) is 15.7. The zero-order valence-corrected chi connectivity index (χ0v) is 31.6. The lowest BCUT2D eigenvalue weighted by Gasteiger charge is -2.13. The smallest absolute Gasteiger partial charge is 0.235 e. The van der Waals surface area contributed by atoms with Gasteiger partial charge in [-0.3, -0.25) is 4.57 Å². The van der Waals surface area contributed by atoms with Crippen LogP contribution < -0.4 is 0 Å². The Bertz CT molecular complexity index is 4060. The number of benzene rings is 9. The quantitative estimate of drug-likeness (QED) is 0.169. The first-order chi connectivity index (χ1) is 29.3. The summed E-state index contributed by atoms with van der Waals surface area (Å²) in [4.78, 5) is 10.9. The van der Waals surface area contributed by atoms with E-state index >= 15 is 0 Å². The molecule has 9 aromatic carbocycles. The fraction of sp³-hybridized carbons (Fsp3) is 0. The van der Waals surface area contributed by atoms with Gasteiger partial charge in [-0.15, -0.1) is 0 Å². The summed E-state index contributed by atoms with van der Waals surface area (Å²) in [5.41, 5.74) is 12.2. The Morgan fingerprint density at radius 3 is 1.83 bits per heavy atom. The number of rotatable bonds is 3. The third-order valence-electron chi connectivity index (χ3n) is 12.7. The highest BCUT2D eigenvalue weighted by Gasteiger charge is 2.25. The van der Waals surface area contributed by atoms with Crippen molar-refractivity contribution in [1.82, 2.24) is 23.5 Å². The summed E-state index contributed by atoms with van der Waals surface area (Å²) in [5.74, 6) is 0.659. The lowest BCUT2D eigenvalue weighted by Crippen LogP contribution is -2.04. The van der Waals surface area contributed by atoms with Gasteiger partial charge in [0.25, 0.3) is 0 Å². The molecule has 0 amide bonds. The Labute approximate surface area is 336 Å². The second-order valence-corrected chi connectivity index (χ2v) is 15.7. The molecule has 0 fully saturated rings. The summed E-state index contributed by atoms with van der Waals surface area (Å²) in [6.45, 7) is 0. The van der Waals surface area contributed by atoms with Gasteiger partial charge in [0.1, 0.15) is 0 Å². The number of hydrogen-bond acceptors (Lipinski definition) is 2. The Kier molecular flexibility index (Phi) is 5.96. The molecule has 0 atom stereocenters. The maximum absolute atomic E-state index is 5.53. The molecule has 272 valence electrons. The SMILES string of the molecule is c1ccc(-c2nc(-n3c4cccc5c6cccc7c8cc9c%10ccccc%10n(-c%10ccccc%10)c9cc8n(c8cccc3c8c54)c67)nc3ccc4ccccc4c23)cc1. The van der Waals surface area contributed by atoms with E-state index < -0.39 is 0 Å². The molecule has 0 spiro atoms. The van der Waals surface area contributed by atoms with Gasteiger partial charge in [0.15, 0.2) is 0 Å². The Morgan fingerprint density at radius 2 is 0.966 bits per heavy atom. The molecule has 5 nitrogen and oxygen atoms in total. The van der Waals surface area contributed by atoms with Gasteiger partial charge in [0.05, 0.1) is 49.8 Å². The zero-order valence-electron chi connectivity index (χ0n) is 31.6. The molecule has 5 heteroatoms. The van der Waals surface area contributed by atoms with E-state index in [2.05, 4.69) is 202 Å². The Morgan fingerprint density at radius 1 is 0.339 bits per heavy atom. The van der Waals surface area contributed by atoms with Crippen molar-refractivity contribution in [2.24, 2.45) is 0 Å². The van der Waals surface area contributed by atoms with Crippen LogP contribution in [0.4, 0.5) is 0 Å². The number of nitrogens with zero attached hydrogens (tertiary/aromatic N) is 5. The van der Waals surface area contributed by atoms with Crippen LogP contribution >= 0.6 is 0 Å². The molecule has 5 heterocycles. The monoisotopic (exact) mass is 749 g/mol. The van der Waals surface area contributed by atoms with Gasteiger partial charge >= 0.3 is 0 Å². The molecule has 14 aromatic rings. The van der Waals surface area contributed by atoms with Crippen LogP contribution in [0.1, 0.15) is 0 Å². The first-order valence-electron chi connectivity index (χ1n) is 20.2. The predicted molar refractivity (Wildman–Crippen MR) is 246 cm³/mol. The fourth-order valence-electron chi connectivity index (χ4n) is 10.4. The van der Waals surface area contributed by atoms with E-state index in [1.165, 1.54) is 70.5 Å². The maximum atomic E-state index is 5.53. The van der Waals surface area contributed by atoms with Gasteiger partial charge in [-0.1, -0.05) is 133 Å². The zero-order chi connectivity index (χ0) is 38.3. The van der Waals surface area contributed by atoms with Crippen LogP contribution in [-0.2, 0) is 0 Å². The molecule has 5 aromatic heterocycles. The summed E-state index contributed by atoms with van der Waals surface area (Å²) in [5, 5.41) is 13.2. The molecule has 59 heavy (non-hydrogen) atoms. The van der Waals surface area contributed by atoms with Crippen molar-refractivity contribution >= 4 is 103 Å². The summed E-state index contributed by atoms with van der Waals surface area (Å²) < 4.78 is 7.24. The largest absolute Gasteiger partial charge is 0.309 e. The third-order valence-corrected chi connectivity index (χ3v) is 12.7. The van der Waals surface area contributed by atoms with Crippen molar-refractivity contribution < 1.29 is 0 Å². The molecule has 0 saturated heterocycles. The van der Waals surface area contributed by atoms with E-state index in [1.807, 2.05) is 0 Å². The van der Waals surface area contributed by atoms with E-state index in [1.54, 1.807) is 0 Å². The average molecular weight is 750 g/mol. The number of para-hydroxylation sites is 3. The van der Waals surface area contributed by atoms with Crippen LogP contribution in [0, 0.1) is 0 Å². The van der Waals surface area contributed by atoms with Gasteiger partial charge in [-0.05, 0) is 70.8 Å². The van der Waals surface area contributed by atoms with E-state index in [4.69, 9.17) is 9.97 Å². The molecule has 0 radical (unpaired) electrons. The van der Waals surface area contributed by atoms with Gasteiger partial charge in [0, 0.05) is 54.3 Å². The molecular formula is C54H31N5. The Balaban J connectivity index is 1.16. The van der Waals surface area contributed by atoms with Crippen molar-refractivity contribution in [3.8, 4) is 22.9 Å². The normalized spacial score (nSPS) is 12.4. The van der Waals surface area contributed by atoms with Crippen molar-refractivity contribution in [3.05, 3.63) is 188 Å². The van der Waals surface area contributed by atoms with Crippen LogP contribution in [0.25, 0.3) is 126 Å². The van der Waals surface area contributed by atoms with Crippen LogP contribution in [-0.4, -0.2) is 23.5 Å². The summed E-state index contributed by atoms with van der Waals surface area (Å²) >= 11 is 0. The van der Waals surface area contributed by atoms with Gasteiger partial charge < -0.3 is 8.97 Å². The van der Waals surface area contributed by atoms with Gasteiger partial charge in [-0.25, -0.2) is 9.97 Å². The van der Waals surface area contributed by atoms with E-state index in [-0.39, 0.29) is 0 Å². The number of hydrogen-bond donors (Lipinski definition) is 0. The minimum absolute atomic E-state index is 0.659. The standard InChI is InChI=1S/C54H31N5/c1-3-15-33(16-4-1)52-49-35-19-8-7-14-32(35)28-29-42(49)55-54(56-52)59-44-25-12-21-37-38-22-11-23-39-41-30-40-36-20-9-10-24-43(36)57(34-17-5-2-6-18-34)47(40)31-48(41)58(53(38)39)45-26-13-27-46(59)51(45)50(37)44/h1-31H. The minimum Gasteiger partial charge on any atom is -0.309 e. The van der Waals surface area contributed by atoms with Crippen molar-refractivity contribution in [1.29, 1.82) is 0 Å². The molecule has 14 rings (SSSR count). The maximum Gasteiger partial charge on any atom is 0.235 e. The van der Waals surface area contributed by atoms with Crippen molar-refractivity contribution in [3.63, 3.8) is 0 Å². The van der Waals surface area contributed by atoms with Crippen LogP contribution in [0.2, 0.25) is 0 Å². The van der Waals surface area contributed by atoms with E-state index in [0.717, 1.165) is 49.8 Å². The molecular weight excluding hydrogens is 719 g/mol. The third kappa shape index (κ3) is 4.03. The van der Waals surface area contributed by atoms with Crippen molar-refractivity contribution in [2.75, 3.05) is 0 Å². The second kappa shape index (κ2) is 11.3. The summed E-state index contributed by atoms with van der Waals surface area (Å²) in [7, 11) is 0. The van der Waals surface area contributed by atoms with E-state index in [0.29, 0.717) is 5.95 Å². The predicted octanol–water partition coefficient (Wildman–Crippen LogP) is 13.8. The average Bonchev–Trinajstić information content (AvgIpc) is 3.90. The summed E-state index contributed by atoms with van der Waals surface area (Å²) in [6, 6.07) is 68.1. The molecule has 0 aliphatic heterocycles. The van der Waals surface area contributed by atoms with Crippen LogP contribution in [0.5, 0.6) is 0 Å². The van der Waals surface area contributed by atoms with Crippen LogP contribution in [0.15, 0.2) is 188 Å². The molecule has 0 saturated carbocycles. The van der Waals surface area contributed by atoms with E-state index in [9.17, 15) is 0 Å². The first-order valence-corrected chi connectivity index (χ1v) is 20.2. The fourth-order valence-corrected chi connectivity index (χ4v) is 10.4. The van der Waals surface area contributed by atoms with Crippen molar-refractivity contribution in [2.45, 2.75) is 0 Å². The molecule has 0 aliphatic rings. The lowest BCUT2D eigenvalue weighted by molar-refractivity contribution is 1.01. The number of aromatic nitrogens is 5. The molecule has 0 unspecified atom stereocenters. The summed E-state index contributed by atoms with van der Waals surface area (Å²) in [6.07, 6.45) is 0. The first kappa shape index (κ1) is 31.1. The molecule has 0 bridgehead atoms. The van der Waals surface area contributed by atoms with Crippen LogP contribution in [0.3, 0.4) is 0 Å². The molecule has 0 aliphatic carbocycles. The highest BCUT2D eigenvalue weighted by atomic mass is 15.2. The highest BCUT2D eigenvalue weighted by molar-refractivity contribution is 6.32. The molecule has 0 N–H and O–H groups in total. The lowest BCUT2D eigenvalue weighted by atomic mass is 10.0. The number of fused-ring (bicyclic) bond motifs is 11.